The highest BCUT2D eigenvalue weighted by atomic mass is 28.3. The minimum Gasteiger partial charge on any atom is -0.413 e. The van der Waals surface area contributed by atoms with Gasteiger partial charge in [-0.25, -0.2) is 0 Å². The van der Waals surface area contributed by atoms with Crippen LogP contribution >= 0.6 is 0 Å². The van der Waals surface area contributed by atoms with Gasteiger partial charge in [0.15, 0.2) is 0 Å². The van der Waals surface area contributed by atoms with Crippen molar-refractivity contribution in [2.45, 2.75) is 32.0 Å². The van der Waals surface area contributed by atoms with Crippen molar-refractivity contribution in [3.05, 3.63) is 35.9 Å². The summed E-state index contributed by atoms with van der Waals surface area (Å²) in [6.07, 6.45) is 0.892. The van der Waals surface area contributed by atoms with Crippen LogP contribution in [0.2, 0.25) is 6.04 Å². The Bertz CT molecular complexity index is 305. The first-order valence-corrected chi connectivity index (χ1v) is 8.28. The Kier molecular flexibility index (Phi) is 7.92. The number of benzene rings is 1. The molecule has 0 aromatic heterocycles. The molecule has 3 nitrogen and oxygen atoms in total. The molecule has 0 aliphatic carbocycles. The number of ether oxygens (including phenoxy) is 1. The first-order valence-electron chi connectivity index (χ1n) is 6.58. The molecule has 0 saturated carbocycles. The van der Waals surface area contributed by atoms with E-state index in [0.29, 0.717) is 6.61 Å². The van der Waals surface area contributed by atoms with E-state index in [4.69, 9.17) is 9.16 Å². The van der Waals surface area contributed by atoms with Gasteiger partial charge in [-0.1, -0.05) is 37.3 Å². The molecule has 0 heterocycles. The zero-order valence-corrected chi connectivity index (χ0v) is 12.3. The predicted molar refractivity (Wildman–Crippen MR) is 74.7 cm³/mol. The lowest BCUT2D eigenvalue weighted by Crippen LogP contribution is -2.27. The summed E-state index contributed by atoms with van der Waals surface area (Å²) in [7, 11) is -1.20. The summed E-state index contributed by atoms with van der Waals surface area (Å²) >= 11 is 0. The largest absolute Gasteiger partial charge is 0.413 e. The van der Waals surface area contributed by atoms with Crippen molar-refractivity contribution < 1.29 is 14.3 Å². The van der Waals surface area contributed by atoms with Crippen molar-refractivity contribution in [2.75, 3.05) is 19.8 Å². The third-order valence-electron chi connectivity index (χ3n) is 2.69. The van der Waals surface area contributed by atoms with Gasteiger partial charge in [-0.2, -0.15) is 0 Å². The van der Waals surface area contributed by atoms with Crippen LogP contribution in [0.1, 0.15) is 31.6 Å². The summed E-state index contributed by atoms with van der Waals surface area (Å²) in [5.41, 5.74) is 0.506. The quantitative estimate of drug-likeness (QED) is 0.552. The lowest BCUT2D eigenvalue weighted by atomic mass is 10.2. The summed E-state index contributed by atoms with van der Waals surface area (Å²) in [6.45, 7) is 6.21. The number of rotatable bonds is 9. The van der Waals surface area contributed by atoms with Gasteiger partial charge in [0.25, 0.3) is 0 Å². The fourth-order valence-corrected chi connectivity index (χ4v) is 3.42. The summed E-state index contributed by atoms with van der Waals surface area (Å²) in [4.78, 5) is 0. The second kappa shape index (κ2) is 9.27. The van der Waals surface area contributed by atoms with E-state index in [9.17, 15) is 5.11 Å². The molecule has 1 unspecified atom stereocenters. The number of hydrogen-bond donors (Lipinski definition) is 1. The second-order valence-electron chi connectivity index (χ2n) is 4.03. The van der Waals surface area contributed by atoms with Gasteiger partial charge in [-0.05, 0) is 25.0 Å². The Hall–Kier alpha value is -0.683. The molecule has 101 valence electrons. The molecule has 1 N–H and O–H groups in total. The predicted octanol–water partition coefficient (Wildman–Crippen LogP) is 2.71. The number of hydrogen-bond acceptors (Lipinski definition) is 3. The van der Waals surface area contributed by atoms with Gasteiger partial charge in [0.2, 0.25) is 9.04 Å². The van der Waals surface area contributed by atoms with Gasteiger partial charge < -0.3 is 14.3 Å². The van der Waals surface area contributed by atoms with Crippen LogP contribution < -0.4 is 0 Å². The van der Waals surface area contributed by atoms with Crippen LogP contribution in [0.4, 0.5) is 0 Å². The Morgan fingerprint density at radius 1 is 1.17 bits per heavy atom. The summed E-state index contributed by atoms with van der Waals surface area (Å²) < 4.78 is 11.1. The van der Waals surface area contributed by atoms with Crippen molar-refractivity contribution >= 4 is 9.04 Å². The molecule has 0 aliphatic rings. The molecule has 0 saturated heterocycles. The average molecular weight is 267 g/mol. The molecular weight excluding hydrogens is 244 g/mol. The molecule has 1 atom stereocenters. The average Bonchev–Trinajstić information content (AvgIpc) is 2.43. The summed E-state index contributed by atoms with van der Waals surface area (Å²) in [5, 5.41) is 10.3. The Morgan fingerprint density at radius 2 is 1.89 bits per heavy atom. The molecule has 0 bridgehead atoms. The van der Waals surface area contributed by atoms with E-state index in [2.05, 4.69) is 6.92 Å². The highest BCUT2D eigenvalue weighted by molar-refractivity contribution is 6.52. The van der Waals surface area contributed by atoms with Gasteiger partial charge in [-0.3, -0.25) is 0 Å². The van der Waals surface area contributed by atoms with E-state index in [1.807, 2.05) is 37.3 Å². The minimum atomic E-state index is -1.20. The van der Waals surface area contributed by atoms with Crippen molar-refractivity contribution in [1.29, 1.82) is 0 Å². The van der Waals surface area contributed by atoms with Crippen molar-refractivity contribution in [3.63, 3.8) is 0 Å². The van der Waals surface area contributed by atoms with Crippen LogP contribution in [-0.4, -0.2) is 34.0 Å². The first-order chi connectivity index (χ1) is 8.79. The van der Waals surface area contributed by atoms with E-state index in [1.54, 1.807) is 0 Å². The van der Waals surface area contributed by atoms with Crippen LogP contribution in [0, 0.1) is 0 Å². The van der Waals surface area contributed by atoms with Crippen LogP contribution in [-0.2, 0) is 9.16 Å². The van der Waals surface area contributed by atoms with Gasteiger partial charge in [-0.15, -0.1) is 0 Å². The van der Waals surface area contributed by atoms with Crippen LogP contribution in [0.25, 0.3) is 0 Å². The van der Waals surface area contributed by atoms with E-state index in [0.717, 1.165) is 31.2 Å². The van der Waals surface area contributed by atoms with Gasteiger partial charge in [0, 0.05) is 19.8 Å². The Balaban J connectivity index is 2.36. The monoisotopic (exact) mass is 267 g/mol. The van der Waals surface area contributed by atoms with Crippen molar-refractivity contribution in [2.24, 2.45) is 0 Å². The zero-order chi connectivity index (χ0) is 13.2. The normalized spacial score (nSPS) is 12.9. The van der Waals surface area contributed by atoms with Gasteiger partial charge in [0.1, 0.15) is 0 Å². The van der Waals surface area contributed by atoms with Crippen LogP contribution in [0.3, 0.4) is 0 Å². The molecule has 18 heavy (non-hydrogen) atoms. The molecular formula is C14H23O3Si. The van der Waals surface area contributed by atoms with Crippen molar-refractivity contribution in [1.82, 2.24) is 0 Å². The maximum atomic E-state index is 10.3. The van der Waals surface area contributed by atoms with Crippen molar-refractivity contribution in [3.8, 4) is 0 Å². The SMILES string of the molecule is CCOCCCO[Si](CC)C(O)c1ccccc1. The highest BCUT2D eigenvalue weighted by Gasteiger charge is 2.23. The van der Waals surface area contributed by atoms with E-state index >= 15 is 0 Å². The second-order valence-corrected chi connectivity index (χ2v) is 6.51. The molecule has 0 spiro atoms. The van der Waals surface area contributed by atoms with Gasteiger partial charge in [0.05, 0.1) is 5.73 Å². The smallest absolute Gasteiger partial charge is 0.245 e. The summed E-state index contributed by atoms with van der Waals surface area (Å²) in [5.74, 6) is 0. The molecule has 0 amide bonds. The third kappa shape index (κ3) is 5.31. The minimum absolute atomic E-state index is 0.451. The first kappa shape index (κ1) is 15.4. The maximum absolute atomic E-state index is 10.3. The standard InChI is InChI=1S/C14H23O3Si/c1-3-16-11-8-12-17-18(4-2)14(15)13-9-6-5-7-10-13/h5-7,9-10,14-15H,3-4,8,11-12H2,1-2H3. The Labute approximate surface area is 111 Å². The lowest BCUT2D eigenvalue weighted by Gasteiger charge is -2.20. The Morgan fingerprint density at radius 3 is 2.50 bits per heavy atom. The highest BCUT2D eigenvalue weighted by Crippen LogP contribution is 2.18. The molecule has 4 heteroatoms. The third-order valence-corrected chi connectivity index (χ3v) is 4.91. The summed E-state index contributed by atoms with van der Waals surface area (Å²) in [6, 6.07) is 10.7. The number of aliphatic hydroxyl groups excluding tert-OH is 1. The van der Waals surface area contributed by atoms with E-state index in [1.165, 1.54) is 0 Å². The van der Waals surface area contributed by atoms with Crippen LogP contribution in [0.15, 0.2) is 30.3 Å². The van der Waals surface area contributed by atoms with Crippen LogP contribution in [0.5, 0.6) is 0 Å². The molecule has 1 aromatic carbocycles. The van der Waals surface area contributed by atoms with E-state index in [-0.39, 0.29) is 0 Å². The molecule has 0 fully saturated rings. The molecule has 1 radical (unpaired) electrons. The lowest BCUT2D eigenvalue weighted by molar-refractivity contribution is 0.126. The number of aliphatic hydroxyl groups is 1. The topological polar surface area (TPSA) is 38.7 Å². The van der Waals surface area contributed by atoms with Gasteiger partial charge >= 0.3 is 0 Å². The molecule has 1 rings (SSSR count). The fraction of sp³-hybridized carbons (Fsp3) is 0.571. The maximum Gasteiger partial charge on any atom is 0.245 e. The van der Waals surface area contributed by atoms with E-state index < -0.39 is 14.8 Å². The zero-order valence-electron chi connectivity index (χ0n) is 11.3. The fourth-order valence-electron chi connectivity index (χ4n) is 1.70. The molecule has 1 aromatic rings. The molecule has 0 aliphatic heterocycles.